The van der Waals surface area contributed by atoms with Gasteiger partial charge in [-0.2, -0.15) is 0 Å². The van der Waals surface area contributed by atoms with Crippen molar-refractivity contribution in [2.45, 2.75) is 19.3 Å². The van der Waals surface area contributed by atoms with Crippen molar-refractivity contribution in [3.05, 3.63) is 139 Å². The van der Waals surface area contributed by atoms with Crippen LogP contribution in [0.2, 0.25) is 0 Å². The maximum Gasteiger partial charge on any atom is 0.113 e. The average Bonchev–Trinajstić information content (AvgIpc) is 3.48. The second-order valence-electron chi connectivity index (χ2n) is 11.9. The third-order valence-electron chi connectivity index (χ3n) is 9.26. The zero-order chi connectivity index (χ0) is 28.0. The van der Waals surface area contributed by atoms with Gasteiger partial charge in [-0.15, -0.1) is 0 Å². The van der Waals surface area contributed by atoms with Crippen LogP contribution in [0.25, 0.3) is 71.6 Å². The molecule has 0 bridgehead atoms. The molecule has 198 valence electrons. The van der Waals surface area contributed by atoms with Crippen LogP contribution in [-0.4, -0.2) is 14.5 Å². The smallest absolute Gasteiger partial charge is 0.113 e. The zero-order valence-electron chi connectivity index (χ0n) is 23.5. The van der Waals surface area contributed by atoms with E-state index in [9.17, 15) is 0 Å². The first-order valence-corrected chi connectivity index (χ1v) is 14.5. The summed E-state index contributed by atoms with van der Waals surface area (Å²) in [4.78, 5) is 9.97. The summed E-state index contributed by atoms with van der Waals surface area (Å²) in [5.74, 6) is 0. The molecule has 0 N–H and O–H groups in total. The number of para-hydroxylation sites is 1. The fourth-order valence-corrected chi connectivity index (χ4v) is 7.43. The van der Waals surface area contributed by atoms with E-state index in [-0.39, 0.29) is 5.41 Å². The van der Waals surface area contributed by atoms with Gasteiger partial charge in [0, 0.05) is 34.1 Å². The van der Waals surface area contributed by atoms with Crippen molar-refractivity contribution in [1.29, 1.82) is 0 Å². The van der Waals surface area contributed by atoms with Crippen molar-refractivity contribution in [2.24, 2.45) is 0 Å². The normalized spacial score (nSPS) is 13.7. The quantitative estimate of drug-likeness (QED) is 0.220. The number of aromatic nitrogens is 3. The minimum Gasteiger partial charge on any atom is -0.307 e. The number of nitrogens with zero attached hydrogens (tertiary/aromatic N) is 3. The van der Waals surface area contributed by atoms with Crippen molar-refractivity contribution < 1.29 is 0 Å². The minimum atomic E-state index is -0.121. The first-order valence-electron chi connectivity index (χ1n) is 14.5. The molecule has 3 nitrogen and oxygen atoms in total. The molecule has 8 aromatic rings. The van der Waals surface area contributed by atoms with Crippen LogP contribution in [0.3, 0.4) is 0 Å². The lowest BCUT2D eigenvalue weighted by atomic mass is 9.78. The van der Waals surface area contributed by atoms with Crippen LogP contribution in [0.1, 0.15) is 25.0 Å². The first-order chi connectivity index (χ1) is 20.6. The molecule has 1 aliphatic rings. The second-order valence-corrected chi connectivity index (χ2v) is 11.9. The Morgan fingerprint density at radius 1 is 0.524 bits per heavy atom. The monoisotopic (exact) mass is 537 g/mol. The lowest BCUT2D eigenvalue weighted by Crippen LogP contribution is -2.16. The molecule has 6 aromatic carbocycles. The topological polar surface area (TPSA) is 30.7 Å². The molecule has 0 aliphatic heterocycles. The molecule has 0 amide bonds. The van der Waals surface area contributed by atoms with Crippen LogP contribution < -0.4 is 0 Å². The zero-order valence-corrected chi connectivity index (χ0v) is 23.5. The highest BCUT2D eigenvalue weighted by molar-refractivity contribution is 6.14. The highest BCUT2D eigenvalue weighted by Crippen LogP contribution is 2.52. The van der Waals surface area contributed by atoms with Crippen molar-refractivity contribution >= 4 is 43.6 Å². The fourth-order valence-electron chi connectivity index (χ4n) is 7.43. The van der Waals surface area contributed by atoms with Gasteiger partial charge in [-0.25, -0.2) is 0 Å². The Morgan fingerprint density at radius 3 is 2.05 bits per heavy atom. The van der Waals surface area contributed by atoms with E-state index in [0.717, 1.165) is 22.3 Å². The molecule has 42 heavy (non-hydrogen) atoms. The average molecular weight is 538 g/mol. The van der Waals surface area contributed by atoms with E-state index in [2.05, 4.69) is 134 Å². The lowest BCUT2D eigenvalue weighted by molar-refractivity contribution is 0.662. The maximum absolute atomic E-state index is 4.99. The molecule has 0 spiro atoms. The molecule has 0 fully saturated rings. The van der Waals surface area contributed by atoms with Crippen molar-refractivity contribution in [3.8, 4) is 27.9 Å². The summed E-state index contributed by atoms with van der Waals surface area (Å²) in [6.07, 6.45) is 3.63. The predicted molar refractivity (Wildman–Crippen MR) is 174 cm³/mol. The van der Waals surface area contributed by atoms with E-state index in [4.69, 9.17) is 9.97 Å². The highest BCUT2D eigenvalue weighted by atomic mass is 15.0. The van der Waals surface area contributed by atoms with E-state index in [0.29, 0.717) is 0 Å². The molecular weight excluding hydrogens is 510 g/mol. The molecule has 0 radical (unpaired) electrons. The van der Waals surface area contributed by atoms with Gasteiger partial charge >= 0.3 is 0 Å². The molecule has 2 heterocycles. The Hall–Kier alpha value is -5.28. The van der Waals surface area contributed by atoms with E-state index in [1.807, 2.05) is 12.4 Å². The molecule has 1 aliphatic carbocycles. The molecule has 0 atom stereocenters. The van der Waals surface area contributed by atoms with Gasteiger partial charge in [0.15, 0.2) is 0 Å². The Balaban J connectivity index is 1.35. The van der Waals surface area contributed by atoms with Gasteiger partial charge in [0.25, 0.3) is 0 Å². The fraction of sp³-hybridized carbons (Fsp3) is 0.0769. The summed E-state index contributed by atoms with van der Waals surface area (Å²) < 4.78 is 2.37. The largest absolute Gasteiger partial charge is 0.307 e. The van der Waals surface area contributed by atoms with E-state index < -0.39 is 0 Å². The summed E-state index contributed by atoms with van der Waals surface area (Å²) in [5.41, 5.74) is 12.8. The van der Waals surface area contributed by atoms with Gasteiger partial charge < -0.3 is 4.57 Å². The third kappa shape index (κ3) is 3.05. The van der Waals surface area contributed by atoms with Crippen LogP contribution in [0, 0.1) is 0 Å². The lowest BCUT2D eigenvalue weighted by Gasteiger charge is -2.25. The van der Waals surface area contributed by atoms with Gasteiger partial charge in [-0.05, 0) is 68.9 Å². The number of hydrogen-bond acceptors (Lipinski definition) is 2. The Kier molecular flexibility index (Phi) is 4.67. The molecular formula is C39H27N3. The van der Waals surface area contributed by atoms with Crippen LogP contribution in [0.5, 0.6) is 0 Å². The molecule has 0 saturated carbocycles. The Morgan fingerprint density at radius 2 is 1.19 bits per heavy atom. The van der Waals surface area contributed by atoms with Crippen molar-refractivity contribution in [1.82, 2.24) is 14.5 Å². The maximum atomic E-state index is 4.99. The summed E-state index contributed by atoms with van der Waals surface area (Å²) in [6, 6.07) is 41.9. The third-order valence-corrected chi connectivity index (χ3v) is 9.26. The van der Waals surface area contributed by atoms with Gasteiger partial charge in [-0.1, -0.05) is 98.8 Å². The highest BCUT2D eigenvalue weighted by Gasteiger charge is 2.37. The number of fused-ring (bicyclic) bond motifs is 8. The molecule has 3 heteroatoms. The van der Waals surface area contributed by atoms with Crippen LogP contribution in [-0.2, 0) is 5.41 Å². The van der Waals surface area contributed by atoms with Crippen LogP contribution in [0.4, 0.5) is 0 Å². The predicted octanol–water partition coefficient (Wildman–Crippen LogP) is 9.85. The first kappa shape index (κ1) is 23.4. The van der Waals surface area contributed by atoms with Crippen LogP contribution in [0.15, 0.2) is 128 Å². The SMILES string of the molecule is CC1(C)c2ccccc2-c2cccc(-c3ccc(-n4c5ccccc5c5cc6ccccc6cc54)c4nccnc34)c21. The summed E-state index contributed by atoms with van der Waals surface area (Å²) >= 11 is 0. The number of hydrogen-bond donors (Lipinski definition) is 0. The van der Waals surface area contributed by atoms with Gasteiger partial charge in [-0.3, -0.25) is 9.97 Å². The minimum absolute atomic E-state index is 0.121. The summed E-state index contributed by atoms with van der Waals surface area (Å²) in [6.45, 7) is 4.68. The van der Waals surface area contributed by atoms with Gasteiger partial charge in [0.05, 0.1) is 22.2 Å². The standard InChI is InChI=1S/C39H27N3/c1-39(2)32-16-7-5-12-26(32)28-14-9-15-29(36(28)39)30-18-19-34(38-37(30)40-20-21-41-38)42-33-17-8-6-13-27(33)31-22-24-10-3-4-11-25(24)23-35(31)42/h3-23H,1-2H3. The molecule has 0 saturated heterocycles. The number of rotatable bonds is 2. The van der Waals surface area contributed by atoms with Gasteiger partial charge in [0.2, 0.25) is 0 Å². The van der Waals surface area contributed by atoms with E-state index >= 15 is 0 Å². The summed E-state index contributed by atoms with van der Waals surface area (Å²) in [7, 11) is 0. The summed E-state index contributed by atoms with van der Waals surface area (Å²) in [5, 5.41) is 4.95. The molecule has 0 unspecified atom stereocenters. The van der Waals surface area contributed by atoms with Gasteiger partial charge in [0.1, 0.15) is 5.52 Å². The molecule has 9 rings (SSSR count). The Bertz CT molecular complexity index is 2390. The van der Waals surface area contributed by atoms with E-state index in [1.54, 1.807) is 0 Å². The van der Waals surface area contributed by atoms with E-state index in [1.165, 1.54) is 60.4 Å². The second kappa shape index (κ2) is 8.37. The Labute approximate surface area is 243 Å². The van der Waals surface area contributed by atoms with Crippen molar-refractivity contribution in [3.63, 3.8) is 0 Å². The molecule has 2 aromatic heterocycles. The van der Waals surface area contributed by atoms with Crippen LogP contribution >= 0.6 is 0 Å². The van der Waals surface area contributed by atoms with Crippen molar-refractivity contribution in [2.75, 3.05) is 0 Å². The number of benzene rings is 6.